The molecule has 1 aliphatic carbocycles. The average molecular weight is 343 g/mol. The Bertz CT molecular complexity index is 782. The van der Waals surface area contributed by atoms with Gasteiger partial charge in [0.2, 0.25) is 0 Å². The van der Waals surface area contributed by atoms with Crippen LogP contribution in [-0.4, -0.2) is 35.7 Å². The predicted octanol–water partition coefficient (Wildman–Crippen LogP) is 1.32. The summed E-state index contributed by atoms with van der Waals surface area (Å²) in [5.41, 5.74) is 0.791. The minimum absolute atomic E-state index is 0.0827. The SMILES string of the molecule is COc1ccc(OCC(=O)NCCn2cnc(C3CC3)cc2=O)cc1. The summed E-state index contributed by atoms with van der Waals surface area (Å²) < 4.78 is 11.9. The lowest BCUT2D eigenvalue weighted by molar-refractivity contribution is -0.123. The summed E-state index contributed by atoms with van der Waals surface area (Å²) in [5, 5.41) is 2.72. The van der Waals surface area contributed by atoms with Crippen LogP contribution in [0, 0.1) is 0 Å². The van der Waals surface area contributed by atoms with Crippen LogP contribution in [0.1, 0.15) is 24.5 Å². The van der Waals surface area contributed by atoms with Crippen molar-refractivity contribution in [3.63, 3.8) is 0 Å². The molecule has 7 nitrogen and oxygen atoms in total. The minimum atomic E-state index is -0.244. The molecule has 1 amide bonds. The van der Waals surface area contributed by atoms with Gasteiger partial charge in [0.1, 0.15) is 11.5 Å². The molecule has 132 valence electrons. The molecule has 25 heavy (non-hydrogen) atoms. The van der Waals surface area contributed by atoms with Gasteiger partial charge in [-0.15, -0.1) is 0 Å². The number of amides is 1. The van der Waals surface area contributed by atoms with Crippen LogP contribution in [0.15, 0.2) is 41.5 Å². The van der Waals surface area contributed by atoms with Crippen molar-refractivity contribution in [3.05, 3.63) is 52.7 Å². The third kappa shape index (κ3) is 4.82. The van der Waals surface area contributed by atoms with Crippen LogP contribution in [-0.2, 0) is 11.3 Å². The maximum atomic E-state index is 12.0. The Morgan fingerprint density at radius 2 is 2.00 bits per heavy atom. The molecule has 0 radical (unpaired) electrons. The normalized spacial score (nSPS) is 13.3. The highest BCUT2D eigenvalue weighted by atomic mass is 16.5. The lowest BCUT2D eigenvalue weighted by atomic mass is 10.3. The van der Waals surface area contributed by atoms with E-state index in [1.54, 1.807) is 43.8 Å². The summed E-state index contributed by atoms with van der Waals surface area (Å²) in [6, 6.07) is 8.58. The Balaban J connectivity index is 1.40. The van der Waals surface area contributed by atoms with E-state index in [4.69, 9.17) is 9.47 Å². The van der Waals surface area contributed by atoms with Crippen molar-refractivity contribution in [3.8, 4) is 11.5 Å². The van der Waals surface area contributed by atoms with E-state index in [1.807, 2.05) is 0 Å². The maximum Gasteiger partial charge on any atom is 0.258 e. The molecule has 1 saturated carbocycles. The molecule has 1 heterocycles. The van der Waals surface area contributed by atoms with Crippen LogP contribution < -0.4 is 20.3 Å². The summed E-state index contributed by atoms with van der Waals surface area (Å²) in [4.78, 5) is 28.1. The molecule has 1 aliphatic rings. The number of ether oxygens (including phenoxy) is 2. The average Bonchev–Trinajstić information content (AvgIpc) is 3.47. The number of hydrogen-bond acceptors (Lipinski definition) is 5. The van der Waals surface area contributed by atoms with Crippen molar-refractivity contribution in [1.82, 2.24) is 14.9 Å². The van der Waals surface area contributed by atoms with Crippen molar-refractivity contribution in [2.45, 2.75) is 25.3 Å². The van der Waals surface area contributed by atoms with Crippen LogP contribution in [0.3, 0.4) is 0 Å². The second-order valence-electron chi connectivity index (χ2n) is 5.93. The second kappa shape index (κ2) is 7.83. The van der Waals surface area contributed by atoms with Gasteiger partial charge in [-0.3, -0.25) is 14.2 Å². The van der Waals surface area contributed by atoms with Gasteiger partial charge in [0.05, 0.1) is 19.1 Å². The summed E-state index contributed by atoms with van der Waals surface area (Å²) in [6.07, 6.45) is 3.78. The van der Waals surface area contributed by atoms with Gasteiger partial charge in [-0.05, 0) is 37.1 Å². The predicted molar refractivity (Wildman–Crippen MR) is 92.0 cm³/mol. The van der Waals surface area contributed by atoms with E-state index in [2.05, 4.69) is 10.3 Å². The Kier molecular flexibility index (Phi) is 5.33. The molecule has 0 bridgehead atoms. The van der Waals surface area contributed by atoms with Gasteiger partial charge in [0.15, 0.2) is 6.61 Å². The number of hydrogen-bond donors (Lipinski definition) is 1. The fourth-order valence-corrected chi connectivity index (χ4v) is 2.40. The number of nitrogens with one attached hydrogen (secondary N) is 1. The number of carbonyl (C=O) groups is 1. The summed E-state index contributed by atoms with van der Waals surface area (Å²) >= 11 is 0. The van der Waals surface area contributed by atoms with Crippen molar-refractivity contribution in [2.75, 3.05) is 20.3 Å². The fraction of sp³-hybridized carbons (Fsp3) is 0.389. The molecule has 1 fully saturated rings. The molecule has 0 aliphatic heterocycles. The highest BCUT2D eigenvalue weighted by Gasteiger charge is 2.25. The number of benzene rings is 1. The van der Waals surface area contributed by atoms with Gasteiger partial charge >= 0.3 is 0 Å². The summed E-state index contributed by atoms with van der Waals surface area (Å²) in [7, 11) is 1.59. The Morgan fingerprint density at radius 3 is 2.64 bits per heavy atom. The molecular formula is C18H21N3O4. The van der Waals surface area contributed by atoms with Crippen LogP contribution >= 0.6 is 0 Å². The first-order valence-electron chi connectivity index (χ1n) is 8.25. The Hall–Kier alpha value is -2.83. The zero-order chi connectivity index (χ0) is 17.6. The monoisotopic (exact) mass is 343 g/mol. The lowest BCUT2D eigenvalue weighted by Crippen LogP contribution is -2.33. The van der Waals surface area contributed by atoms with Gasteiger partial charge in [-0.1, -0.05) is 0 Å². The third-order valence-corrected chi connectivity index (χ3v) is 4.00. The molecule has 7 heteroatoms. The Morgan fingerprint density at radius 1 is 1.28 bits per heavy atom. The van der Waals surface area contributed by atoms with Crippen LogP contribution in [0.5, 0.6) is 11.5 Å². The van der Waals surface area contributed by atoms with E-state index in [0.29, 0.717) is 24.8 Å². The zero-order valence-electron chi connectivity index (χ0n) is 14.1. The van der Waals surface area contributed by atoms with Crippen molar-refractivity contribution < 1.29 is 14.3 Å². The van der Waals surface area contributed by atoms with E-state index in [0.717, 1.165) is 24.3 Å². The number of nitrogens with zero attached hydrogens (tertiary/aromatic N) is 2. The molecule has 1 N–H and O–H groups in total. The smallest absolute Gasteiger partial charge is 0.258 e. The molecule has 3 rings (SSSR count). The van der Waals surface area contributed by atoms with Gasteiger partial charge in [-0.2, -0.15) is 0 Å². The number of aromatic nitrogens is 2. The molecule has 0 atom stereocenters. The van der Waals surface area contributed by atoms with Crippen molar-refractivity contribution in [2.24, 2.45) is 0 Å². The summed E-state index contributed by atoms with van der Waals surface area (Å²) in [5.74, 6) is 1.53. The number of methoxy groups -OCH3 is 1. The van der Waals surface area contributed by atoms with E-state index in [-0.39, 0.29) is 18.1 Å². The van der Waals surface area contributed by atoms with Crippen molar-refractivity contribution >= 4 is 5.91 Å². The first kappa shape index (κ1) is 17.0. The standard InChI is InChI=1S/C18H21N3O4/c1-24-14-4-6-15(7-5-14)25-11-17(22)19-8-9-21-12-20-16(10-18(21)23)13-2-3-13/h4-7,10,12-13H,2-3,8-9,11H2,1H3,(H,19,22). The highest BCUT2D eigenvalue weighted by molar-refractivity contribution is 5.77. The molecule has 1 aromatic heterocycles. The molecule has 0 saturated heterocycles. The van der Waals surface area contributed by atoms with Gasteiger partial charge < -0.3 is 14.8 Å². The fourth-order valence-electron chi connectivity index (χ4n) is 2.40. The Labute approximate surface area is 145 Å². The number of carbonyl (C=O) groups excluding carboxylic acids is 1. The van der Waals surface area contributed by atoms with Gasteiger partial charge in [0, 0.05) is 25.1 Å². The number of rotatable bonds is 8. The van der Waals surface area contributed by atoms with E-state index < -0.39 is 0 Å². The van der Waals surface area contributed by atoms with E-state index >= 15 is 0 Å². The quantitative estimate of drug-likeness (QED) is 0.782. The summed E-state index contributed by atoms with van der Waals surface area (Å²) in [6.45, 7) is 0.639. The molecule has 2 aromatic rings. The molecule has 0 spiro atoms. The van der Waals surface area contributed by atoms with Crippen LogP contribution in [0.25, 0.3) is 0 Å². The lowest BCUT2D eigenvalue weighted by Gasteiger charge is -2.09. The van der Waals surface area contributed by atoms with Gasteiger partial charge in [-0.25, -0.2) is 4.98 Å². The maximum absolute atomic E-state index is 12.0. The molecule has 1 aromatic carbocycles. The molecular weight excluding hydrogens is 322 g/mol. The molecule has 0 unspecified atom stereocenters. The van der Waals surface area contributed by atoms with Gasteiger partial charge in [0.25, 0.3) is 11.5 Å². The van der Waals surface area contributed by atoms with Crippen LogP contribution in [0.4, 0.5) is 0 Å². The first-order valence-corrected chi connectivity index (χ1v) is 8.25. The van der Waals surface area contributed by atoms with Crippen LogP contribution in [0.2, 0.25) is 0 Å². The first-order chi connectivity index (χ1) is 12.2. The topological polar surface area (TPSA) is 82.4 Å². The second-order valence-corrected chi connectivity index (χ2v) is 5.93. The van der Waals surface area contributed by atoms with E-state index in [1.165, 1.54) is 4.57 Å². The largest absolute Gasteiger partial charge is 0.497 e. The minimum Gasteiger partial charge on any atom is -0.497 e. The third-order valence-electron chi connectivity index (χ3n) is 4.00. The van der Waals surface area contributed by atoms with Crippen molar-refractivity contribution in [1.29, 1.82) is 0 Å². The highest BCUT2D eigenvalue weighted by Crippen LogP contribution is 2.38. The van der Waals surface area contributed by atoms with E-state index in [9.17, 15) is 9.59 Å². The zero-order valence-corrected chi connectivity index (χ0v) is 14.1.